The van der Waals surface area contributed by atoms with Crippen molar-refractivity contribution >= 4 is 21.8 Å². The van der Waals surface area contributed by atoms with E-state index in [4.69, 9.17) is 15.8 Å². The van der Waals surface area contributed by atoms with Crippen molar-refractivity contribution in [2.75, 3.05) is 0 Å². The van der Waals surface area contributed by atoms with Crippen LogP contribution in [0.4, 0.5) is 0 Å². The normalized spacial score (nSPS) is 18.5. The van der Waals surface area contributed by atoms with Gasteiger partial charge in [0, 0.05) is 11.4 Å². The number of carbonyl (C=O) groups excluding carboxylic acids is 1. The van der Waals surface area contributed by atoms with Crippen LogP contribution >= 0.6 is 15.9 Å². The van der Waals surface area contributed by atoms with Gasteiger partial charge in [0.15, 0.2) is 0 Å². The summed E-state index contributed by atoms with van der Waals surface area (Å²) in [4.78, 5) is 16.7. The van der Waals surface area contributed by atoms with Gasteiger partial charge in [0.2, 0.25) is 5.88 Å². The SMILES string of the molecule is CC(=O)N1OC(N)=C(C#N)C1c1ccccc1Br. The molecule has 0 aromatic heterocycles. The Hall–Kier alpha value is -2.00. The average molecular weight is 308 g/mol. The van der Waals surface area contributed by atoms with Crippen molar-refractivity contribution in [2.45, 2.75) is 13.0 Å². The lowest BCUT2D eigenvalue weighted by atomic mass is 10.00. The fourth-order valence-electron chi connectivity index (χ4n) is 1.80. The number of nitriles is 1. The molecule has 0 fully saturated rings. The van der Waals surface area contributed by atoms with Crippen molar-refractivity contribution < 1.29 is 9.63 Å². The molecule has 1 atom stereocenters. The van der Waals surface area contributed by atoms with Gasteiger partial charge in [-0.2, -0.15) is 10.3 Å². The van der Waals surface area contributed by atoms with Crippen LogP contribution in [-0.2, 0) is 9.63 Å². The maximum Gasteiger partial charge on any atom is 0.253 e. The molecule has 0 radical (unpaired) electrons. The first kappa shape index (κ1) is 12.5. The molecule has 1 aromatic rings. The third kappa shape index (κ3) is 1.93. The number of nitrogens with zero attached hydrogens (tertiary/aromatic N) is 2. The second-order valence-electron chi connectivity index (χ2n) is 3.75. The molecule has 1 aromatic carbocycles. The molecule has 0 aliphatic carbocycles. The van der Waals surface area contributed by atoms with Gasteiger partial charge in [0.25, 0.3) is 5.91 Å². The third-order valence-corrected chi connectivity index (χ3v) is 3.32. The van der Waals surface area contributed by atoms with Gasteiger partial charge in [-0.25, -0.2) is 0 Å². The molecule has 92 valence electrons. The van der Waals surface area contributed by atoms with Crippen LogP contribution in [0, 0.1) is 11.3 Å². The standard InChI is InChI=1S/C12H10BrN3O2/c1-7(17)16-11(9(6-14)12(15)18-16)8-4-2-3-5-10(8)13/h2-5,11H,15H2,1H3. The van der Waals surface area contributed by atoms with Crippen LogP contribution in [0.3, 0.4) is 0 Å². The van der Waals surface area contributed by atoms with Crippen molar-refractivity contribution in [1.82, 2.24) is 5.06 Å². The van der Waals surface area contributed by atoms with Crippen molar-refractivity contribution in [3.8, 4) is 6.07 Å². The number of halogens is 1. The Morgan fingerprint density at radius 2 is 2.22 bits per heavy atom. The Morgan fingerprint density at radius 1 is 1.56 bits per heavy atom. The lowest BCUT2D eigenvalue weighted by Gasteiger charge is -2.22. The maximum absolute atomic E-state index is 11.5. The van der Waals surface area contributed by atoms with E-state index >= 15 is 0 Å². The number of amides is 1. The molecular weight excluding hydrogens is 298 g/mol. The van der Waals surface area contributed by atoms with Crippen molar-refractivity contribution in [2.24, 2.45) is 5.73 Å². The van der Waals surface area contributed by atoms with Crippen LogP contribution in [0.15, 0.2) is 40.2 Å². The number of carbonyl (C=O) groups is 1. The first-order chi connectivity index (χ1) is 8.56. The fraction of sp³-hybridized carbons (Fsp3) is 0.167. The summed E-state index contributed by atoms with van der Waals surface area (Å²) in [5.41, 5.74) is 6.61. The molecule has 6 heteroatoms. The van der Waals surface area contributed by atoms with Crippen LogP contribution < -0.4 is 5.73 Å². The van der Waals surface area contributed by atoms with Crippen LogP contribution in [0.25, 0.3) is 0 Å². The van der Waals surface area contributed by atoms with E-state index < -0.39 is 6.04 Å². The largest absolute Gasteiger partial charge is 0.367 e. The van der Waals surface area contributed by atoms with Gasteiger partial charge >= 0.3 is 0 Å². The fourth-order valence-corrected chi connectivity index (χ4v) is 2.30. The van der Waals surface area contributed by atoms with E-state index in [1.165, 1.54) is 6.92 Å². The van der Waals surface area contributed by atoms with Gasteiger partial charge in [-0.1, -0.05) is 34.1 Å². The molecule has 0 saturated carbocycles. The topological polar surface area (TPSA) is 79.3 Å². The summed E-state index contributed by atoms with van der Waals surface area (Å²) in [5.74, 6) is -0.350. The maximum atomic E-state index is 11.5. The van der Waals surface area contributed by atoms with E-state index in [2.05, 4.69) is 15.9 Å². The predicted octanol–water partition coefficient (Wildman–Crippen LogP) is 1.98. The molecule has 18 heavy (non-hydrogen) atoms. The number of rotatable bonds is 1. The summed E-state index contributed by atoms with van der Waals surface area (Å²) >= 11 is 3.39. The molecule has 1 amide bonds. The Bertz CT molecular complexity index is 577. The molecular formula is C12H10BrN3O2. The van der Waals surface area contributed by atoms with E-state index in [0.29, 0.717) is 0 Å². The van der Waals surface area contributed by atoms with Crippen LogP contribution in [-0.4, -0.2) is 11.0 Å². The zero-order valence-corrected chi connectivity index (χ0v) is 11.1. The molecule has 1 heterocycles. The number of hydrogen-bond acceptors (Lipinski definition) is 4. The Balaban J connectivity index is 2.54. The molecule has 2 N–H and O–H groups in total. The summed E-state index contributed by atoms with van der Waals surface area (Å²) < 4.78 is 0.785. The van der Waals surface area contributed by atoms with Gasteiger partial charge in [-0.3, -0.25) is 4.79 Å². The summed E-state index contributed by atoms with van der Waals surface area (Å²) in [7, 11) is 0. The molecule has 5 nitrogen and oxygen atoms in total. The van der Waals surface area contributed by atoms with Gasteiger partial charge < -0.3 is 10.6 Å². The highest BCUT2D eigenvalue weighted by atomic mass is 79.9. The molecule has 1 aliphatic heterocycles. The molecule has 0 spiro atoms. The van der Waals surface area contributed by atoms with Crippen LogP contribution in [0.1, 0.15) is 18.5 Å². The highest BCUT2D eigenvalue weighted by Gasteiger charge is 2.38. The van der Waals surface area contributed by atoms with Crippen molar-refractivity contribution in [3.63, 3.8) is 0 Å². The van der Waals surface area contributed by atoms with E-state index in [0.717, 1.165) is 15.1 Å². The monoisotopic (exact) mass is 307 g/mol. The zero-order chi connectivity index (χ0) is 13.3. The van der Waals surface area contributed by atoms with Gasteiger partial charge in [0.1, 0.15) is 17.7 Å². The number of benzene rings is 1. The zero-order valence-electron chi connectivity index (χ0n) is 9.55. The number of hydroxylamine groups is 2. The van der Waals surface area contributed by atoms with Gasteiger partial charge in [-0.15, -0.1) is 0 Å². The first-order valence-electron chi connectivity index (χ1n) is 5.18. The minimum absolute atomic E-state index is 0.0338. The lowest BCUT2D eigenvalue weighted by molar-refractivity contribution is -0.170. The lowest BCUT2D eigenvalue weighted by Crippen LogP contribution is -2.29. The van der Waals surface area contributed by atoms with E-state index in [1.54, 1.807) is 0 Å². The third-order valence-electron chi connectivity index (χ3n) is 2.60. The first-order valence-corrected chi connectivity index (χ1v) is 5.97. The summed E-state index contributed by atoms with van der Waals surface area (Å²) in [6, 6.07) is 8.69. The van der Waals surface area contributed by atoms with Gasteiger partial charge in [0.05, 0.1) is 0 Å². The minimum Gasteiger partial charge on any atom is -0.367 e. The average Bonchev–Trinajstić information content (AvgIpc) is 2.67. The van der Waals surface area contributed by atoms with Crippen LogP contribution in [0.2, 0.25) is 0 Å². The summed E-state index contributed by atoms with van der Waals surface area (Å²) in [5, 5.41) is 10.2. The Labute approximate surface area is 113 Å². The van der Waals surface area contributed by atoms with E-state index in [9.17, 15) is 4.79 Å². The summed E-state index contributed by atoms with van der Waals surface area (Å²) in [6.45, 7) is 1.36. The molecule has 1 aliphatic rings. The predicted molar refractivity (Wildman–Crippen MR) is 67.3 cm³/mol. The number of nitrogens with two attached hydrogens (primary N) is 1. The molecule has 2 rings (SSSR count). The second kappa shape index (κ2) is 4.70. The van der Waals surface area contributed by atoms with Gasteiger partial charge in [-0.05, 0) is 11.6 Å². The van der Waals surface area contributed by atoms with Crippen molar-refractivity contribution in [3.05, 3.63) is 45.8 Å². The second-order valence-corrected chi connectivity index (χ2v) is 4.60. The van der Waals surface area contributed by atoms with Crippen LogP contribution in [0.5, 0.6) is 0 Å². The Morgan fingerprint density at radius 3 is 2.78 bits per heavy atom. The Kier molecular flexibility index (Phi) is 3.26. The summed E-state index contributed by atoms with van der Waals surface area (Å²) in [6.07, 6.45) is 0. The molecule has 0 saturated heterocycles. The quantitative estimate of drug-likeness (QED) is 0.860. The minimum atomic E-state index is -0.608. The smallest absolute Gasteiger partial charge is 0.253 e. The highest BCUT2D eigenvalue weighted by Crippen LogP contribution is 2.38. The molecule has 0 bridgehead atoms. The highest BCUT2D eigenvalue weighted by molar-refractivity contribution is 9.10. The van der Waals surface area contributed by atoms with E-state index in [1.807, 2.05) is 30.3 Å². The van der Waals surface area contributed by atoms with Crippen molar-refractivity contribution in [1.29, 1.82) is 5.26 Å². The van der Waals surface area contributed by atoms with E-state index in [-0.39, 0.29) is 17.4 Å². The molecule has 1 unspecified atom stereocenters. The number of hydrogen-bond donors (Lipinski definition) is 1.